The van der Waals surface area contributed by atoms with E-state index in [4.69, 9.17) is 9.47 Å². The third kappa shape index (κ3) is 1.82. The fourth-order valence-electron chi connectivity index (χ4n) is 1.00. The van der Waals surface area contributed by atoms with E-state index >= 15 is 0 Å². The molecule has 0 fully saturated rings. The Kier molecular flexibility index (Phi) is 2.50. The van der Waals surface area contributed by atoms with Gasteiger partial charge in [-0.3, -0.25) is 0 Å². The normalized spacial score (nSPS) is 41.7. The molecule has 70 valence electrons. The molecule has 0 spiro atoms. The molecule has 1 aliphatic heterocycles. The highest BCUT2D eigenvalue weighted by molar-refractivity contribution is 5.02. The van der Waals surface area contributed by atoms with E-state index in [1.54, 1.807) is 6.08 Å². The molecule has 5 heteroatoms. The highest BCUT2D eigenvalue weighted by atomic mass is 16.7. The van der Waals surface area contributed by atoms with Gasteiger partial charge in [-0.2, -0.15) is 0 Å². The average molecular weight is 175 g/mol. The summed E-state index contributed by atoms with van der Waals surface area (Å²) in [5.41, 5.74) is 0. The maximum Gasteiger partial charge on any atom is 0.249 e. The number of hydrogen-bond donors (Lipinski definition) is 3. The zero-order valence-electron chi connectivity index (χ0n) is 7.07. The number of nitrogens with one attached hydrogen (secondary N) is 1. The highest BCUT2D eigenvalue weighted by Gasteiger charge is 2.39. The fourth-order valence-corrected chi connectivity index (χ4v) is 1.00. The number of methoxy groups -OCH3 is 2. The number of rotatable bonds is 2. The van der Waals surface area contributed by atoms with Crippen LogP contribution in [0.25, 0.3) is 0 Å². The summed E-state index contributed by atoms with van der Waals surface area (Å²) in [6, 6.07) is 0. The second-order valence-corrected chi connectivity index (χ2v) is 2.62. The van der Waals surface area contributed by atoms with Crippen molar-refractivity contribution in [1.29, 1.82) is 0 Å². The molecule has 0 radical (unpaired) electrons. The van der Waals surface area contributed by atoms with Crippen LogP contribution in [-0.4, -0.2) is 36.3 Å². The van der Waals surface area contributed by atoms with Crippen molar-refractivity contribution < 1.29 is 19.7 Å². The van der Waals surface area contributed by atoms with Crippen molar-refractivity contribution in [3.05, 3.63) is 12.2 Å². The van der Waals surface area contributed by atoms with Gasteiger partial charge in [0.25, 0.3) is 0 Å². The molecule has 1 aliphatic rings. The van der Waals surface area contributed by atoms with E-state index in [9.17, 15) is 10.2 Å². The zero-order valence-corrected chi connectivity index (χ0v) is 7.07. The van der Waals surface area contributed by atoms with Crippen LogP contribution in [0, 0.1) is 0 Å². The van der Waals surface area contributed by atoms with Crippen molar-refractivity contribution >= 4 is 0 Å². The van der Waals surface area contributed by atoms with Crippen LogP contribution < -0.4 is 5.32 Å². The van der Waals surface area contributed by atoms with Gasteiger partial charge in [-0.05, 0) is 6.08 Å². The third-order valence-corrected chi connectivity index (χ3v) is 1.76. The maximum absolute atomic E-state index is 9.52. The zero-order chi connectivity index (χ0) is 9.24. The van der Waals surface area contributed by atoms with Crippen LogP contribution in [0.2, 0.25) is 0 Å². The van der Waals surface area contributed by atoms with Crippen LogP contribution in [0.1, 0.15) is 6.42 Å². The SMILES string of the molecule is COC1(O)C=CCC(O)(OC)N1. The van der Waals surface area contributed by atoms with E-state index in [-0.39, 0.29) is 6.42 Å². The van der Waals surface area contributed by atoms with E-state index in [1.165, 1.54) is 20.3 Å². The standard InChI is InChI=1S/C7H13NO4/c1-11-6(9)4-3-5-7(10,8-6)12-2/h3-4,8-10H,5H2,1-2H3. The van der Waals surface area contributed by atoms with Crippen LogP contribution in [0.4, 0.5) is 0 Å². The lowest BCUT2D eigenvalue weighted by Crippen LogP contribution is -2.61. The molecule has 0 aromatic rings. The lowest BCUT2D eigenvalue weighted by atomic mass is 10.2. The van der Waals surface area contributed by atoms with E-state index in [0.29, 0.717) is 0 Å². The summed E-state index contributed by atoms with van der Waals surface area (Å²) in [5.74, 6) is -3.21. The van der Waals surface area contributed by atoms with Gasteiger partial charge in [0.1, 0.15) is 0 Å². The molecular weight excluding hydrogens is 162 g/mol. The number of aliphatic hydroxyl groups is 2. The highest BCUT2D eigenvalue weighted by Crippen LogP contribution is 2.20. The smallest absolute Gasteiger partial charge is 0.249 e. The summed E-state index contributed by atoms with van der Waals surface area (Å²) in [6.45, 7) is 0. The Morgan fingerprint density at radius 2 is 2.00 bits per heavy atom. The Hall–Kier alpha value is -0.460. The van der Waals surface area contributed by atoms with Gasteiger partial charge in [0, 0.05) is 20.6 Å². The summed E-state index contributed by atoms with van der Waals surface area (Å²) in [5, 5.41) is 21.4. The lowest BCUT2D eigenvalue weighted by molar-refractivity contribution is -0.289. The molecule has 0 saturated heterocycles. The van der Waals surface area contributed by atoms with Gasteiger partial charge in [0.15, 0.2) is 0 Å². The van der Waals surface area contributed by atoms with Crippen molar-refractivity contribution in [2.45, 2.75) is 18.2 Å². The molecule has 0 aromatic heterocycles. The van der Waals surface area contributed by atoms with Crippen LogP contribution in [0.3, 0.4) is 0 Å². The molecule has 3 N–H and O–H groups in total. The first-order chi connectivity index (χ1) is 5.54. The third-order valence-electron chi connectivity index (χ3n) is 1.76. The Balaban J connectivity index is 2.75. The molecule has 2 unspecified atom stereocenters. The second-order valence-electron chi connectivity index (χ2n) is 2.62. The summed E-state index contributed by atoms with van der Waals surface area (Å²) in [4.78, 5) is 0. The minimum Gasteiger partial charge on any atom is -0.353 e. The van der Waals surface area contributed by atoms with Crippen molar-refractivity contribution in [3.63, 3.8) is 0 Å². The van der Waals surface area contributed by atoms with Crippen molar-refractivity contribution in [1.82, 2.24) is 5.32 Å². The van der Waals surface area contributed by atoms with E-state index < -0.39 is 11.8 Å². The minimum absolute atomic E-state index is 0.259. The van der Waals surface area contributed by atoms with Crippen LogP contribution in [0.15, 0.2) is 12.2 Å². The average Bonchev–Trinajstić information content (AvgIpc) is 2.05. The molecule has 12 heavy (non-hydrogen) atoms. The molecule has 0 saturated carbocycles. The summed E-state index contributed by atoms with van der Waals surface area (Å²) < 4.78 is 9.42. The molecule has 0 bridgehead atoms. The van der Waals surface area contributed by atoms with Crippen molar-refractivity contribution in [2.75, 3.05) is 14.2 Å². The van der Waals surface area contributed by atoms with Gasteiger partial charge in [0.05, 0.1) is 0 Å². The van der Waals surface area contributed by atoms with Gasteiger partial charge >= 0.3 is 0 Å². The topological polar surface area (TPSA) is 71.0 Å². The summed E-state index contributed by atoms with van der Waals surface area (Å²) in [7, 11) is 2.65. The van der Waals surface area contributed by atoms with Crippen molar-refractivity contribution in [3.8, 4) is 0 Å². The number of ether oxygens (including phenoxy) is 2. The van der Waals surface area contributed by atoms with E-state index in [0.717, 1.165) is 0 Å². The molecule has 1 rings (SSSR count). The lowest BCUT2D eigenvalue weighted by Gasteiger charge is -2.37. The molecule has 0 amide bonds. The molecule has 5 nitrogen and oxygen atoms in total. The van der Waals surface area contributed by atoms with E-state index in [1.807, 2.05) is 0 Å². The predicted molar refractivity (Wildman–Crippen MR) is 40.8 cm³/mol. The summed E-state index contributed by atoms with van der Waals surface area (Å²) in [6.07, 6.45) is 3.24. The largest absolute Gasteiger partial charge is 0.353 e. The van der Waals surface area contributed by atoms with Crippen molar-refractivity contribution in [2.24, 2.45) is 0 Å². The molecule has 2 atom stereocenters. The van der Waals surface area contributed by atoms with Gasteiger partial charge < -0.3 is 19.7 Å². The molecular formula is C7H13NO4. The number of hydrogen-bond acceptors (Lipinski definition) is 5. The fraction of sp³-hybridized carbons (Fsp3) is 0.714. The predicted octanol–water partition coefficient (Wildman–Crippen LogP) is -0.879. The van der Waals surface area contributed by atoms with Gasteiger partial charge in [0.2, 0.25) is 11.8 Å². The van der Waals surface area contributed by atoms with Crippen LogP contribution in [-0.2, 0) is 9.47 Å². The second kappa shape index (κ2) is 3.12. The monoisotopic (exact) mass is 175 g/mol. The van der Waals surface area contributed by atoms with Gasteiger partial charge in [-0.1, -0.05) is 6.08 Å². The summed E-state index contributed by atoms with van der Waals surface area (Å²) >= 11 is 0. The Morgan fingerprint density at radius 1 is 1.33 bits per heavy atom. The quantitative estimate of drug-likeness (QED) is 0.375. The molecule has 0 aliphatic carbocycles. The molecule has 1 heterocycles. The Morgan fingerprint density at radius 3 is 2.50 bits per heavy atom. The van der Waals surface area contributed by atoms with Crippen LogP contribution >= 0.6 is 0 Å². The van der Waals surface area contributed by atoms with E-state index in [2.05, 4.69) is 5.32 Å². The van der Waals surface area contributed by atoms with Gasteiger partial charge in [-0.25, -0.2) is 5.32 Å². The first-order valence-corrected chi connectivity index (χ1v) is 3.56. The Bertz CT molecular complexity index is 196. The van der Waals surface area contributed by atoms with Gasteiger partial charge in [-0.15, -0.1) is 0 Å². The molecule has 0 aromatic carbocycles. The minimum atomic E-state index is -1.65. The first kappa shape index (κ1) is 9.63. The Labute approximate surface area is 70.6 Å². The first-order valence-electron chi connectivity index (χ1n) is 3.56. The van der Waals surface area contributed by atoms with Crippen LogP contribution in [0.5, 0.6) is 0 Å². The maximum atomic E-state index is 9.52.